The van der Waals surface area contributed by atoms with E-state index in [2.05, 4.69) is 55.4 Å². The summed E-state index contributed by atoms with van der Waals surface area (Å²) in [5, 5.41) is 10.6. The number of hydrogen-bond donors (Lipinski definition) is 3. The van der Waals surface area contributed by atoms with Crippen LogP contribution >= 0.6 is 15.6 Å². The van der Waals surface area contributed by atoms with Crippen molar-refractivity contribution in [3.8, 4) is 0 Å². The quantitative estimate of drug-likeness (QED) is 0.0222. The number of ether oxygens (including phenoxy) is 4. The van der Waals surface area contributed by atoms with E-state index in [0.29, 0.717) is 31.6 Å². The number of esters is 4. The number of unbranched alkanes of at least 4 members (excludes halogenated alkanes) is 37. The highest BCUT2D eigenvalue weighted by molar-refractivity contribution is 7.47. The molecular formula is C74H144O17P2. The van der Waals surface area contributed by atoms with E-state index in [4.69, 9.17) is 37.0 Å². The van der Waals surface area contributed by atoms with Crippen molar-refractivity contribution in [3.63, 3.8) is 0 Å². The molecule has 0 bridgehead atoms. The van der Waals surface area contributed by atoms with Crippen molar-refractivity contribution in [1.29, 1.82) is 0 Å². The first-order valence-electron chi connectivity index (χ1n) is 38.2. The summed E-state index contributed by atoms with van der Waals surface area (Å²) in [6.45, 7) is 14.1. The van der Waals surface area contributed by atoms with Crippen molar-refractivity contribution in [2.75, 3.05) is 39.6 Å². The fourth-order valence-electron chi connectivity index (χ4n) is 11.2. The van der Waals surface area contributed by atoms with Gasteiger partial charge in [0, 0.05) is 25.7 Å². The maximum atomic E-state index is 13.0. The van der Waals surface area contributed by atoms with Crippen LogP contribution in [-0.4, -0.2) is 96.7 Å². The summed E-state index contributed by atoms with van der Waals surface area (Å²) in [6, 6.07) is 0. The van der Waals surface area contributed by atoms with Crippen LogP contribution in [0.25, 0.3) is 0 Å². The van der Waals surface area contributed by atoms with Crippen molar-refractivity contribution in [2.45, 2.75) is 388 Å². The minimum Gasteiger partial charge on any atom is -0.462 e. The highest BCUT2D eigenvalue weighted by Crippen LogP contribution is 2.45. The molecule has 17 nitrogen and oxygen atoms in total. The second kappa shape index (κ2) is 63.5. The van der Waals surface area contributed by atoms with E-state index in [9.17, 15) is 43.2 Å². The van der Waals surface area contributed by atoms with E-state index in [1.54, 1.807) is 0 Å². The highest BCUT2D eigenvalue weighted by Gasteiger charge is 2.30. The molecule has 3 N–H and O–H groups in total. The number of aliphatic hydroxyl groups is 1. The van der Waals surface area contributed by atoms with Gasteiger partial charge in [0.2, 0.25) is 0 Å². The predicted octanol–water partition coefficient (Wildman–Crippen LogP) is 21.3. The van der Waals surface area contributed by atoms with Gasteiger partial charge in [-0.2, -0.15) is 0 Å². The average Bonchev–Trinajstić information content (AvgIpc) is 1.96. The van der Waals surface area contributed by atoms with E-state index < -0.39 is 97.5 Å². The molecule has 0 saturated carbocycles. The van der Waals surface area contributed by atoms with Gasteiger partial charge in [0.15, 0.2) is 12.2 Å². The standard InChI is InChI=1S/C74H144O17P2/c1-64(2)50-42-34-26-20-17-15-13-11-9-10-12-14-16-18-22-29-38-46-54-71(76)84-61-70(91-74(79)57-49-41-33-32-37-45-53-67(7)8)63-89-93(82,83)87-59-68(75)58-86-92(80,81)88-62-69(60-85-72(77)55-47-39-30-25-24-28-36-44-52-66(5)6)90-73(78)56-48-40-31-23-19-21-27-35-43-51-65(3)4/h64-70,75H,9-63H2,1-8H3,(H,80,81)(H,82,83)/t68?,69-,70-/m1/s1. The van der Waals surface area contributed by atoms with Gasteiger partial charge < -0.3 is 33.8 Å². The molecule has 0 aromatic heterocycles. The summed E-state index contributed by atoms with van der Waals surface area (Å²) >= 11 is 0. The fourth-order valence-corrected chi connectivity index (χ4v) is 12.8. The second-order valence-electron chi connectivity index (χ2n) is 28.6. The van der Waals surface area contributed by atoms with Crippen LogP contribution in [0.15, 0.2) is 0 Å². The molecule has 0 spiro atoms. The smallest absolute Gasteiger partial charge is 0.462 e. The van der Waals surface area contributed by atoms with Crippen LogP contribution in [0.4, 0.5) is 0 Å². The second-order valence-corrected chi connectivity index (χ2v) is 31.5. The molecule has 0 amide bonds. The lowest BCUT2D eigenvalue weighted by atomic mass is 10.0. The Morgan fingerprint density at radius 2 is 0.452 bits per heavy atom. The number of carbonyl (C=O) groups is 4. The molecule has 19 heteroatoms. The molecule has 0 saturated heterocycles. The first-order chi connectivity index (χ1) is 44.6. The van der Waals surface area contributed by atoms with Crippen molar-refractivity contribution in [2.24, 2.45) is 23.7 Å². The van der Waals surface area contributed by atoms with Crippen LogP contribution < -0.4 is 0 Å². The zero-order valence-electron chi connectivity index (χ0n) is 60.9. The minimum atomic E-state index is -4.95. The first kappa shape index (κ1) is 91.1. The fraction of sp³-hybridized carbons (Fsp3) is 0.946. The normalized spacial score (nSPS) is 14.2. The van der Waals surface area contributed by atoms with Gasteiger partial charge in [-0.15, -0.1) is 0 Å². The Bertz CT molecular complexity index is 1830. The van der Waals surface area contributed by atoms with Gasteiger partial charge in [-0.05, 0) is 49.4 Å². The Hall–Kier alpha value is -1.94. The van der Waals surface area contributed by atoms with Crippen LogP contribution in [0.3, 0.4) is 0 Å². The zero-order chi connectivity index (χ0) is 68.9. The maximum Gasteiger partial charge on any atom is 0.472 e. The molecule has 0 aliphatic rings. The van der Waals surface area contributed by atoms with Crippen molar-refractivity contribution in [1.82, 2.24) is 0 Å². The number of rotatable bonds is 71. The third-order valence-corrected chi connectivity index (χ3v) is 19.0. The van der Waals surface area contributed by atoms with Crippen LogP contribution in [0.2, 0.25) is 0 Å². The summed E-state index contributed by atoms with van der Waals surface area (Å²) < 4.78 is 68.3. The number of hydrogen-bond acceptors (Lipinski definition) is 15. The zero-order valence-corrected chi connectivity index (χ0v) is 62.7. The molecule has 0 heterocycles. The third-order valence-electron chi connectivity index (χ3n) is 17.1. The predicted molar refractivity (Wildman–Crippen MR) is 377 cm³/mol. The largest absolute Gasteiger partial charge is 0.472 e. The Morgan fingerprint density at radius 1 is 0.269 bits per heavy atom. The SMILES string of the molecule is CC(C)CCCCCCCCCCCCCCCCCCCCC(=O)OC[C@H](COP(=O)(O)OCC(O)COP(=O)(O)OC[C@@H](COC(=O)CCCCCCCCCCC(C)C)OC(=O)CCCCCCCCCCCC(C)C)OC(=O)CCCCCCCCC(C)C. The monoisotopic (exact) mass is 1370 g/mol. The van der Waals surface area contributed by atoms with E-state index in [1.165, 1.54) is 173 Å². The molecule has 0 aromatic rings. The molecule has 3 unspecified atom stereocenters. The Morgan fingerprint density at radius 3 is 0.667 bits per heavy atom. The Labute approximate surface area is 568 Å². The average molecular weight is 1370 g/mol. The summed E-state index contributed by atoms with van der Waals surface area (Å²) in [6.07, 6.45) is 47.6. The number of phosphoric acid groups is 2. The molecule has 0 aliphatic heterocycles. The minimum absolute atomic E-state index is 0.102. The molecule has 552 valence electrons. The molecule has 0 fully saturated rings. The van der Waals surface area contributed by atoms with Gasteiger partial charge in [0.25, 0.3) is 0 Å². The Kier molecular flexibility index (Phi) is 62.2. The van der Waals surface area contributed by atoms with Gasteiger partial charge in [-0.25, -0.2) is 9.13 Å². The number of phosphoric ester groups is 2. The lowest BCUT2D eigenvalue weighted by Crippen LogP contribution is -2.30. The van der Waals surface area contributed by atoms with Gasteiger partial charge in [-0.1, -0.05) is 319 Å². The van der Waals surface area contributed by atoms with Gasteiger partial charge >= 0.3 is 39.5 Å². The summed E-state index contributed by atoms with van der Waals surface area (Å²) in [4.78, 5) is 72.6. The van der Waals surface area contributed by atoms with Crippen molar-refractivity contribution >= 4 is 39.5 Å². The number of aliphatic hydroxyl groups excluding tert-OH is 1. The molecule has 93 heavy (non-hydrogen) atoms. The molecule has 0 rings (SSSR count). The topological polar surface area (TPSA) is 237 Å². The summed E-state index contributed by atoms with van der Waals surface area (Å²) in [5.41, 5.74) is 0. The highest BCUT2D eigenvalue weighted by atomic mass is 31.2. The lowest BCUT2D eigenvalue weighted by Gasteiger charge is -2.21. The molecule has 0 radical (unpaired) electrons. The maximum absolute atomic E-state index is 13.0. The van der Waals surface area contributed by atoms with E-state index in [-0.39, 0.29) is 25.7 Å². The summed E-state index contributed by atoms with van der Waals surface area (Å²) in [7, 11) is -9.90. The van der Waals surface area contributed by atoms with Crippen LogP contribution in [0, 0.1) is 23.7 Å². The van der Waals surface area contributed by atoms with Crippen LogP contribution in [0.5, 0.6) is 0 Å². The molecule has 0 aromatic carbocycles. The van der Waals surface area contributed by atoms with E-state index in [0.717, 1.165) is 108 Å². The van der Waals surface area contributed by atoms with Gasteiger partial charge in [-0.3, -0.25) is 37.3 Å². The first-order valence-corrected chi connectivity index (χ1v) is 41.2. The van der Waals surface area contributed by atoms with Gasteiger partial charge in [0.05, 0.1) is 26.4 Å². The van der Waals surface area contributed by atoms with E-state index >= 15 is 0 Å². The Balaban J connectivity index is 5.12. The molecule has 0 aliphatic carbocycles. The number of carbonyl (C=O) groups excluding carboxylic acids is 4. The third kappa shape index (κ3) is 68.4. The van der Waals surface area contributed by atoms with Gasteiger partial charge in [0.1, 0.15) is 19.3 Å². The van der Waals surface area contributed by atoms with Crippen LogP contribution in [0.1, 0.15) is 370 Å². The van der Waals surface area contributed by atoms with Crippen LogP contribution in [-0.2, 0) is 65.4 Å². The molecular weight excluding hydrogens is 1220 g/mol. The van der Waals surface area contributed by atoms with E-state index in [1.807, 2.05) is 0 Å². The molecule has 5 atom stereocenters. The summed E-state index contributed by atoms with van der Waals surface area (Å²) in [5.74, 6) is 0.825. The van der Waals surface area contributed by atoms with Crippen molar-refractivity contribution < 1.29 is 80.2 Å². The van der Waals surface area contributed by atoms with Crippen molar-refractivity contribution in [3.05, 3.63) is 0 Å². The lowest BCUT2D eigenvalue weighted by molar-refractivity contribution is -0.161.